The third kappa shape index (κ3) is 6.50. The number of hydrogen-bond donors (Lipinski definition) is 6. The van der Waals surface area contributed by atoms with Crippen LogP contribution in [0.2, 0.25) is 0 Å². The first-order valence-electron chi connectivity index (χ1n) is 15.7. The molecule has 48 heavy (non-hydrogen) atoms. The summed E-state index contributed by atoms with van der Waals surface area (Å²) in [7, 11) is 0. The van der Waals surface area contributed by atoms with Gasteiger partial charge in [-0.05, 0) is 24.6 Å². The number of fused-ring (bicyclic) bond motifs is 3. The Balaban J connectivity index is 1.16. The monoisotopic (exact) mass is 680 g/mol. The highest BCUT2D eigenvalue weighted by molar-refractivity contribution is 5.87. The zero-order valence-corrected chi connectivity index (χ0v) is 26.0. The van der Waals surface area contributed by atoms with Crippen molar-refractivity contribution >= 4 is 18.0 Å². The standard InChI is InChI=1S/C32H40O16/c1-14-25(45-19(36)9-8-16-6-4-3-5-7-16)27(43-15(2)35)24(40)31(42-14)46-26-17-10-11-41-29(20(17)32(13-34)28(26)48-32)47-30-23(39)22(38)21(37)18(12-33)44-30/h3-11,14,17-18,20-31,33-34,37-40H,12-13H2,1-2H3/b9-8+/t14-,17+,18-,20+,21-,22+,23-,24+,25-,26-,27-,28-,29-,30+,31-,32+/m0/s1. The molecule has 6 rings (SSSR count). The number of carbonyl (C=O) groups excluding carboxylic acids is 2. The highest BCUT2D eigenvalue weighted by Crippen LogP contribution is 2.61. The first-order valence-corrected chi connectivity index (χ1v) is 15.7. The molecular formula is C32H40O16. The van der Waals surface area contributed by atoms with Crippen molar-refractivity contribution in [3.05, 3.63) is 54.3 Å². The molecule has 16 atom stereocenters. The Morgan fingerprint density at radius 1 is 0.875 bits per heavy atom. The van der Waals surface area contributed by atoms with Gasteiger partial charge in [0.2, 0.25) is 6.29 Å². The molecule has 16 heteroatoms. The predicted octanol–water partition coefficient (Wildman–Crippen LogP) is -1.90. The summed E-state index contributed by atoms with van der Waals surface area (Å²) in [5.74, 6) is -2.82. The quantitative estimate of drug-likeness (QED) is 0.0900. The maximum absolute atomic E-state index is 12.7. The van der Waals surface area contributed by atoms with Crippen LogP contribution in [0.25, 0.3) is 6.08 Å². The van der Waals surface area contributed by atoms with E-state index < -0.39 is 122 Å². The molecular weight excluding hydrogens is 640 g/mol. The van der Waals surface area contributed by atoms with E-state index in [0.717, 1.165) is 12.5 Å². The molecule has 5 aliphatic rings. The lowest BCUT2D eigenvalue weighted by atomic mass is 9.85. The molecule has 6 N–H and O–H groups in total. The normalized spacial score (nSPS) is 44.8. The van der Waals surface area contributed by atoms with Gasteiger partial charge in [-0.2, -0.15) is 0 Å². The fraction of sp³-hybridized carbons (Fsp3) is 0.625. The molecule has 4 fully saturated rings. The van der Waals surface area contributed by atoms with Crippen molar-refractivity contribution in [1.29, 1.82) is 0 Å². The van der Waals surface area contributed by atoms with Gasteiger partial charge in [-0.3, -0.25) is 4.79 Å². The fourth-order valence-corrected chi connectivity index (χ4v) is 6.96. The highest BCUT2D eigenvalue weighted by atomic mass is 16.8. The number of hydrogen-bond acceptors (Lipinski definition) is 16. The molecule has 16 nitrogen and oxygen atoms in total. The van der Waals surface area contributed by atoms with Gasteiger partial charge in [0.25, 0.3) is 0 Å². The Bertz CT molecular complexity index is 1350. The van der Waals surface area contributed by atoms with E-state index in [1.807, 2.05) is 18.2 Å². The summed E-state index contributed by atoms with van der Waals surface area (Å²) in [6.45, 7) is 1.57. The Morgan fingerprint density at radius 3 is 2.29 bits per heavy atom. The topological polar surface area (TPSA) is 233 Å². The van der Waals surface area contributed by atoms with Crippen LogP contribution in [0.1, 0.15) is 19.4 Å². The third-order valence-electron chi connectivity index (χ3n) is 9.41. The van der Waals surface area contributed by atoms with Crippen LogP contribution in [-0.2, 0) is 47.5 Å². The summed E-state index contributed by atoms with van der Waals surface area (Å²) in [6, 6.07) is 9.04. The average Bonchev–Trinajstić information content (AvgIpc) is 3.75. The Morgan fingerprint density at radius 2 is 1.60 bits per heavy atom. The molecule has 264 valence electrons. The zero-order valence-electron chi connectivity index (χ0n) is 26.0. The number of epoxide rings is 1. The molecule has 0 aromatic heterocycles. The lowest BCUT2D eigenvalue weighted by Crippen LogP contribution is -2.61. The van der Waals surface area contributed by atoms with Gasteiger partial charge in [0.1, 0.15) is 42.2 Å². The molecule has 1 aromatic carbocycles. The van der Waals surface area contributed by atoms with Crippen molar-refractivity contribution in [1.82, 2.24) is 0 Å². The Kier molecular flexibility index (Phi) is 10.2. The maximum atomic E-state index is 12.7. The summed E-state index contributed by atoms with van der Waals surface area (Å²) >= 11 is 0. The molecule has 1 aromatic rings. The molecule has 1 aliphatic carbocycles. The van der Waals surface area contributed by atoms with Gasteiger partial charge in [0.15, 0.2) is 24.8 Å². The van der Waals surface area contributed by atoms with Crippen LogP contribution in [0, 0.1) is 11.8 Å². The fourth-order valence-electron chi connectivity index (χ4n) is 6.96. The largest absolute Gasteiger partial charge is 0.472 e. The van der Waals surface area contributed by atoms with Crippen LogP contribution in [0.4, 0.5) is 0 Å². The van der Waals surface area contributed by atoms with Gasteiger partial charge in [0, 0.05) is 18.9 Å². The molecule has 0 radical (unpaired) electrons. The van der Waals surface area contributed by atoms with Crippen LogP contribution in [0.5, 0.6) is 0 Å². The second-order valence-electron chi connectivity index (χ2n) is 12.4. The molecule has 0 spiro atoms. The second kappa shape index (κ2) is 14.1. The number of aliphatic hydroxyl groups excluding tert-OH is 6. The molecule has 0 unspecified atom stereocenters. The van der Waals surface area contributed by atoms with E-state index in [0.29, 0.717) is 0 Å². The first kappa shape index (κ1) is 34.8. The van der Waals surface area contributed by atoms with Crippen LogP contribution >= 0.6 is 0 Å². The van der Waals surface area contributed by atoms with Crippen LogP contribution in [0.3, 0.4) is 0 Å². The van der Waals surface area contributed by atoms with E-state index in [2.05, 4.69) is 0 Å². The molecule has 1 saturated carbocycles. The number of ether oxygens (including phenoxy) is 8. The molecule has 4 heterocycles. The lowest BCUT2D eigenvalue weighted by molar-refractivity contribution is -0.347. The van der Waals surface area contributed by atoms with Crippen LogP contribution in [-0.4, -0.2) is 141 Å². The third-order valence-corrected chi connectivity index (χ3v) is 9.41. The van der Waals surface area contributed by atoms with Gasteiger partial charge >= 0.3 is 11.9 Å². The molecule has 0 amide bonds. The van der Waals surface area contributed by atoms with E-state index in [1.165, 1.54) is 12.3 Å². The van der Waals surface area contributed by atoms with Gasteiger partial charge < -0.3 is 68.5 Å². The predicted molar refractivity (Wildman–Crippen MR) is 157 cm³/mol. The van der Waals surface area contributed by atoms with Crippen molar-refractivity contribution in [2.24, 2.45) is 11.8 Å². The average molecular weight is 681 g/mol. The van der Waals surface area contributed by atoms with Gasteiger partial charge in [-0.25, -0.2) is 4.79 Å². The minimum atomic E-state index is -1.70. The van der Waals surface area contributed by atoms with Crippen molar-refractivity contribution in [3.8, 4) is 0 Å². The summed E-state index contributed by atoms with van der Waals surface area (Å²) < 4.78 is 46.2. The number of rotatable bonds is 10. The summed E-state index contributed by atoms with van der Waals surface area (Å²) in [4.78, 5) is 24.8. The number of benzene rings is 1. The van der Waals surface area contributed by atoms with Gasteiger partial charge in [-0.1, -0.05) is 30.3 Å². The maximum Gasteiger partial charge on any atom is 0.331 e. The minimum absolute atomic E-state index is 0.487. The van der Waals surface area contributed by atoms with Crippen molar-refractivity contribution < 1.29 is 78.1 Å². The van der Waals surface area contributed by atoms with E-state index >= 15 is 0 Å². The lowest BCUT2D eigenvalue weighted by Gasteiger charge is -2.44. The van der Waals surface area contributed by atoms with E-state index in [4.69, 9.17) is 37.9 Å². The Labute approximate surface area is 275 Å². The van der Waals surface area contributed by atoms with E-state index in [1.54, 1.807) is 31.2 Å². The highest BCUT2D eigenvalue weighted by Gasteiger charge is 2.77. The zero-order chi connectivity index (χ0) is 34.3. The summed E-state index contributed by atoms with van der Waals surface area (Å²) in [5.41, 5.74) is -0.478. The SMILES string of the molecule is CC(=O)O[C@H]1[C@@H](O)[C@H](O[C@H]2[C@@H]3C=CO[C@@H](O[C@H]4O[C@@H](CO)[C@H](O)[C@@H](O)[C@@H]4O)[C@@H]3[C@@]3(CO)O[C@@H]23)O[C@@H](C)[C@@H]1OC(=O)/C=C/c1ccccc1. The molecule has 3 saturated heterocycles. The molecule has 4 aliphatic heterocycles. The van der Waals surface area contributed by atoms with Gasteiger partial charge in [-0.15, -0.1) is 0 Å². The van der Waals surface area contributed by atoms with E-state index in [-0.39, 0.29) is 0 Å². The second-order valence-corrected chi connectivity index (χ2v) is 12.4. The smallest absolute Gasteiger partial charge is 0.331 e. The molecule has 0 bridgehead atoms. The van der Waals surface area contributed by atoms with Gasteiger partial charge in [0.05, 0.1) is 37.6 Å². The summed E-state index contributed by atoms with van der Waals surface area (Å²) in [5, 5.41) is 62.2. The van der Waals surface area contributed by atoms with Crippen LogP contribution < -0.4 is 0 Å². The number of esters is 2. The van der Waals surface area contributed by atoms with Crippen LogP contribution in [0.15, 0.2) is 48.7 Å². The van der Waals surface area contributed by atoms with Crippen molar-refractivity contribution in [3.63, 3.8) is 0 Å². The van der Waals surface area contributed by atoms with E-state index in [9.17, 15) is 40.2 Å². The van der Waals surface area contributed by atoms with Crippen molar-refractivity contribution in [2.75, 3.05) is 13.2 Å². The number of carbonyl (C=O) groups is 2. The first-order chi connectivity index (χ1) is 23.0. The Hall–Kier alpha value is -3.00. The minimum Gasteiger partial charge on any atom is -0.472 e. The summed E-state index contributed by atoms with van der Waals surface area (Å²) in [6.07, 6.45) is -11.3. The number of aliphatic hydroxyl groups is 6. The van der Waals surface area contributed by atoms with Crippen molar-refractivity contribution in [2.45, 2.75) is 99.4 Å².